The van der Waals surface area contributed by atoms with Gasteiger partial charge in [0.05, 0.1) is 12.2 Å². The minimum absolute atomic E-state index is 0.0188. The van der Waals surface area contributed by atoms with Crippen LogP contribution in [0, 0.1) is 0 Å². The van der Waals surface area contributed by atoms with Gasteiger partial charge >= 0.3 is 5.97 Å². The van der Waals surface area contributed by atoms with Crippen LogP contribution < -0.4 is 5.32 Å². The van der Waals surface area contributed by atoms with E-state index in [4.69, 9.17) is 4.74 Å². The SMILES string of the molecule is CCCCN(C)CCC(=O)Nc1ccc(C(=O)OCCC)cc1. The number of unbranched alkanes of at least 4 members (excludes halogenated alkanes) is 1. The first kappa shape index (κ1) is 19.2. The number of carbonyl (C=O) groups excluding carboxylic acids is 2. The number of benzene rings is 1. The third-order valence-corrected chi connectivity index (χ3v) is 3.46. The molecule has 0 aliphatic carbocycles. The zero-order valence-corrected chi connectivity index (χ0v) is 14.4. The first-order valence-electron chi connectivity index (χ1n) is 8.32. The van der Waals surface area contributed by atoms with Gasteiger partial charge in [0, 0.05) is 18.7 Å². The van der Waals surface area contributed by atoms with E-state index in [0.29, 0.717) is 24.3 Å². The number of amides is 1. The summed E-state index contributed by atoms with van der Waals surface area (Å²) in [7, 11) is 2.03. The monoisotopic (exact) mass is 320 g/mol. The number of hydrogen-bond acceptors (Lipinski definition) is 4. The highest BCUT2D eigenvalue weighted by Gasteiger charge is 2.08. The van der Waals surface area contributed by atoms with Crippen molar-refractivity contribution in [1.82, 2.24) is 4.90 Å². The van der Waals surface area contributed by atoms with E-state index in [1.807, 2.05) is 14.0 Å². The lowest BCUT2D eigenvalue weighted by Gasteiger charge is -2.15. The van der Waals surface area contributed by atoms with E-state index >= 15 is 0 Å². The largest absolute Gasteiger partial charge is 0.462 e. The fourth-order valence-corrected chi connectivity index (χ4v) is 2.02. The van der Waals surface area contributed by atoms with Gasteiger partial charge in [-0.05, 0) is 50.7 Å². The Morgan fingerprint density at radius 1 is 1.09 bits per heavy atom. The summed E-state index contributed by atoms with van der Waals surface area (Å²) in [5.74, 6) is -0.350. The van der Waals surface area contributed by atoms with Crippen molar-refractivity contribution in [1.29, 1.82) is 0 Å². The standard InChI is InChI=1S/C18H28N2O3/c1-4-6-12-20(3)13-11-17(21)19-16-9-7-15(8-10-16)18(22)23-14-5-2/h7-10H,4-6,11-14H2,1-3H3,(H,19,21). The molecule has 0 unspecified atom stereocenters. The van der Waals surface area contributed by atoms with E-state index < -0.39 is 0 Å². The third kappa shape index (κ3) is 7.79. The van der Waals surface area contributed by atoms with E-state index in [1.165, 1.54) is 0 Å². The molecule has 1 N–H and O–H groups in total. The topological polar surface area (TPSA) is 58.6 Å². The van der Waals surface area contributed by atoms with Crippen LogP contribution >= 0.6 is 0 Å². The molecular weight excluding hydrogens is 292 g/mol. The summed E-state index contributed by atoms with van der Waals surface area (Å²) in [6.07, 6.45) is 3.56. The molecule has 0 saturated carbocycles. The van der Waals surface area contributed by atoms with Gasteiger partial charge in [0.1, 0.15) is 0 Å². The number of rotatable bonds is 10. The van der Waals surface area contributed by atoms with Gasteiger partial charge in [0.2, 0.25) is 5.91 Å². The van der Waals surface area contributed by atoms with Crippen LogP contribution in [0.1, 0.15) is 49.9 Å². The minimum Gasteiger partial charge on any atom is -0.462 e. The average molecular weight is 320 g/mol. The molecule has 5 nitrogen and oxygen atoms in total. The normalized spacial score (nSPS) is 10.6. The molecule has 0 heterocycles. The van der Waals surface area contributed by atoms with Gasteiger partial charge in [-0.3, -0.25) is 4.79 Å². The zero-order valence-electron chi connectivity index (χ0n) is 14.4. The summed E-state index contributed by atoms with van der Waals surface area (Å²) >= 11 is 0. The van der Waals surface area contributed by atoms with E-state index in [-0.39, 0.29) is 11.9 Å². The van der Waals surface area contributed by atoms with E-state index in [9.17, 15) is 9.59 Å². The molecule has 0 fully saturated rings. The van der Waals surface area contributed by atoms with Gasteiger partial charge in [-0.1, -0.05) is 20.3 Å². The lowest BCUT2D eigenvalue weighted by Crippen LogP contribution is -2.25. The molecule has 1 rings (SSSR count). The molecule has 5 heteroatoms. The quantitative estimate of drug-likeness (QED) is 0.672. The second kappa shape index (κ2) is 10.8. The highest BCUT2D eigenvalue weighted by Crippen LogP contribution is 2.11. The number of ether oxygens (including phenoxy) is 1. The first-order valence-corrected chi connectivity index (χ1v) is 8.32. The van der Waals surface area contributed by atoms with Crippen molar-refractivity contribution in [3.05, 3.63) is 29.8 Å². The van der Waals surface area contributed by atoms with Crippen molar-refractivity contribution in [2.45, 2.75) is 39.5 Å². The predicted molar refractivity (Wildman–Crippen MR) is 92.7 cm³/mol. The number of hydrogen-bond donors (Lipinski definition) is 1. The molecule has 0 spiro atoms. The highest BCUT2D eigenvalue weighted by atomic mass is 16.5. The Morgan fingerprint density at radius 2 is 1.78 bits per heavy atom. The van der Waals surface area contributed by atoms with Gasteiger partial charge in [0.25, 0.3) is 0 Å². The van der Waals surface area contributed by atoms with Crippen LogP contribution in [0.5, 0.6) is 0 Å². The number of anilines is 1. The van der Waals surface area contributed by atoms with E-state index in [1.54, 1.807) is 24.3 Å². The summed E-state index contributed by atoms with van der Waals surface area (Å²) in [4.78, 5) is 25.8. The van der Waals surface area contributed by atoms with Crippen LogP contribution in [0.15, 0.2) is 24.3 Å². The van der Waals surface area contributed by atoms with E-state index in [0.717, 1.165) is 32.4 Å². The Kier molecular flexibility index (Phi) is 8.98. The summed E-state index contributed by atoms with van der Waals surface area (Å²) in [6.45, 7) is 6.28. The number of nitrogens with one attached hydrogen (secondary N) is 1. The van der Waals surface area contributed by atoms with Crippen molar-refractivity contribution in [3.63, 3.8) is 0 Å². The molecule has 23 heavy (non-hydrogen) atoms. The Balaban J connectivity index is 2.39. The summed E-state index contributed by atoms with van der Waals surface area (Å²) in [5.41, 5.74) is 1.19. The molecule has 1 amide bonds. The van der Waals surface area contributed by atoms with Gasteiger partial charge in [-0.2, -0.15) is 0 Å². The van der Waals surface area contributed by atoms with Crippen LogP contribution in [-0.2, 0) is 9.53 Å². The highest BCUT2D eigenvalue weighted by molar-refractivity contribution is 5.93. The molecule has 0 aliphatic rings. The molecule has 1 aromatic carbocycles. The second-order valence-electron chi connectivity index (χ2n) is 5.67. The Hall–Kier alpha value is -1.88. The molecule has 0 radical (unpaired) electrons. The smallest absolute Gasteiger partial charge is 0.338 e. The summed E-state index contributed by atoms with van der Waals surface area (Å²) < 4.78 is 5.06. The predicted octanol–water partition coefficient (Wildman–Crippen LogP) is 3.31. The van der Waals surface area contributed by atoms with E-state index in [2.05, 4.69) is 17.1 Å². The molecule has 0 aromatic heterocycles. The summed E-state index contributed by atoms with van der Waals surface area (Å²) in [5, 5.41) is 2.84. The van der Waals surface area contributed by atoms with Crippen molar-refractivity contribution < 1.29 is 14.3 Å². The average Bonchev–Trinajstić information content (AvgIpc) is 2.56. The van der Waals surface area contributed by atoms with Gasteiger partial charge < -0.3 is 15.0 Å². The van der Waals surface area contributed by atoms with Crippen molar-refractivity contribution in [2.75, 3.05) is 32.1 Å². The first-order chi connectivity index (χ1) is 11.1. The molecule has 0 aliphatic heterocycles. The molecule has 0 bridgehead atoms. The number of carbonyl (C=O) groups is 2. The van der Waals surface area contributed by atoms with Gasteiger partial charge in [-0.25, -0.2) is 4.79 Å². The van der Waals surface area contributed by atoms with Crippen LogP contribution in [0.4, 0.5) is 5.69 Å². The summed E-state index contributed by atoms with van der Waals surface area (Å²) in [6, 6.07) is 6.78. The fourth-order valence-electron chi connectivity index (χ4n) is 2.02. The Morgan fingerprint density at radius 3 is 2.39 bits per heavy atom. The minimum atomic E-state index is -0.331. The lowest BCUT2D eigenvalue weighted by atomic mass is 10.2. The molecule has 0 atom stereocenters. The number of esters is 1. The molecule has 0 saturated heterocycles. The third-order valence-electron chi connectivity index (χ3n) is 3.46. The maximum absolute atomic E-state index is 11.9. The Bertz CT molecular complexity index is 486. The molecule has 128 valence electrons. The molecule has 1 aromatic rings. The van der Waals surface area contributed by atoms with Crippen LogP contribution in [0.3, 0.4) is 0 Å². The lowest BCUT2D eigenvalue weighted by molar-refractivity contribution is -0.116. The Labute approximate surface area is 139 Å². The maximum atomic E-state index is 11.9. The number of nitrogens with zero attached hydrogens (tertiary/aromatic N) is 1. The van der Waals surface area contributed by atoms with Crippen LogP contribution in [0.25, 0.3) is 0 Å². The van der Waals surface area contributed by atoms with Crippen LogP contribution in [0.2, 0.25) is 0 Å². The van der Waals surface area contributed by atoms with Crippen LogP contribution in [-0.4, -0.2) is 43.5 Å². The molecular formula is C18H28N2O3. The van der Waals surface area contributed by atoms with Crippen molar-refractivity contribution >= 4 is 17.6 Å². The van der Waals surface area contributed by atoms with Crippen molar-refractivity contribution in [2.24, 2.45) is 0 Å². The van der Waals surface area contributed by atoms with Crippen molar-refractivity contribution in [3.8, 4) is 0 Å². The fraction of sp³-hybridized carbons (Fsp3) is 0.556. The maximum Gasteiger partial charge on any atom is 0.338 e. The second-order valence-corrected chi connectivity index (χ2v) is 5.67. The van der Waals surface area contributed by atoms with Gasteiger partial charge in [-0.15, -0.1) is 0 Å². The zero-order chi connectivity index (χ0) is 17.1. The van der Waals surface area contributed by atoms with Gasteiger partial charge in [0.15, 0.2) is 0 Å².